The van der Waals surface area contributed by atoms with Gasteiger partial charge in [-0.3, -0.25) is 9.10 Å². The number of carbonyl (C=O) groups excluding carboxylic acids is 1. The number of anilines is 1. The molecule has 5 nitrogen and oxygen atoms in total. The van der Waals surface area contributed by atoms with Crippen LogP contribution < -0.4 is 9.62 Å². The van der Waals surface area contributed by atoms with Crippen LogP contribution >= 0.6 is 0 Å². The second-order valence-electron chi connectivity index (χ2n) is 6.59. The van der Waals surface area contributed by atoms with E-state index in [0.717, 1.165) is 27.8 Å². The number of benzene rings is 2. The molecule has 0 bridgehead atoms. The number of nitrogens with zero attached hydrogens (tertiary/aromatic N) is 1. The lowest BCUT2D eigenvalue weighted by atomic mass is 10.0. The van der Waals surface area contributed by atoms with Gasteiger partial charge in [-0.2, -0.15) is 0 Å². The van der Waals surface area contributed by atoms with Gasteiger partial charge in [0.25, 0.3) is 0 Å². The van der Waals surface area contributed by atoms with E-state index in [-0.39, 0.29) is 11.7 Å². The summed E-state index contributed by atoms with van der Waals surface area (Å²) in [7, 11) is -3.79. The predicted molar refractivity (Wildman–Crippen MR) is 106 cm³/mol. The van der Waals surface area contributed by atoms with Crippen molar-refractivity contribution in [3.63, 3.8) is 0 Å². The van der Waals surface area contributed by atoms with Crippen molar-refractivity contribution >= 4 is 21.6 Å². The van der Waals surface area contributed by atoms with Crippen molar-refractivity contribution in [1.82, 2.24) is 5.32 Å². The van der Waals surface area contributed by atoms with Crippen molar-refractivity contribution in [2.24, 2.45) is 0 Å². The summed E-state index contributed by atoms with van der Waals surface area (Å²) in [5.41, 5.74) is 2.17. The second kappa shape index (κ2) is 8.52. The molecule has 2 rings (SSSR count). The summed E-state index contributed by atoms with van der Waals surface area (Å²) in [6.45, 7) is 5.41. The smallest absolute Gasteiger partial charge is 0.244 e. The fourth-order valence-electron chi connectivity index (χ4n) is 2.93. The van der Waals surface area contributed by atoms with Crippen LogP contribution in [0.5, 0.6) is 0 Å². The molecule has 2 aromatic rings. The molecule has 0 spiro atoms. The lowest BCUT2D eigenvalue weighted by Crippen LogP contribution is -2.48. The topological polar surface area (TPSA) is 66.5 Å². The summed E-state index contributed by atoms with van der Waals surface area (Å²) in [5.74, 6) is -1.02. The number of carbonyl (C=O) groups is 1. The Balaban J connectivity index is 2.27. The fourth-order valence-corrected chi connectivity index (χ4v) is 4.10. The molecule has 1 amide bonds. The first kappa shape index (κ1) is 20.9. The number of amides is 1. The number of sulfonamides is 1. The average Bonchev–Trinajstić information content (AvgIpc) is 2.59. The van der Waals surface area contributed by atoms with Crippen LogP contribution in [0.4, 0.5) is 10.1 Å². The summed E-state index contributed by atoms with van der Waals surface area (Å²) in [6, 6.07) is 11.7. The normalized spacial score (nSPS) is 13.7. The van der Waals surface area contributed by atoms with Gasteiger partial charge in [0, 0.05) is 0 Å². The van der Waals surface area contributed by atoms with Crippen molar-refractivity contribution in [3.05, 3.63) is 65.5 Å². The summed E-state index contributed by atoms with van der Waals surface area (Å²) < 4.78 is 39.1. The molecule has 2 atom stereocenters. The van der Waals surface area contributed by atoms with E-state index in [4.69, 9.17) is 0 Å². The minimum atomic E-state index is -3.79. The summed E-state index contributed by atoms with van der Waals surface area (Å²) >= 11 is 0. The second-order valence-corrected chi connectivity index (χ2v) is 8.45. The van der Waals surface area contributed by atoms with Crippen LogP contribution in [-0.2, 0) is 14.8 Å². The van der Waals surface area contributed by atoms with E-state index < -0.39 is 27.8 Å². The van der Waals surface area contributed by atoms with Crippen molar-refractivity contribution in [2.45, 2.75) is 39.3 Å². The zero-order valence-corrected chi connectivity index (χ0v) is 16.8. The van der Waals surface area contributed by atoms with E-state index >= 15 is 0 Å². The predicted octanol–water partition coefficient (Wildman–Crippen LogP) is 3.56. The Morgan fingerprint density at radius 2 is 1.81 bits per heavy atom. The van der Waals surface area contributed by atoms with E-state index in [0.29, 0.717) is 6.42 Å². The molecule has 0 saturated carbocycles. The average molecular weight is 392 g/mol. The van der Waals surface area contributed by atoms with Crippen molar-refractivity contribution in [2.75, 3.05) is 10.6 Å². The highest BCUT2D eigenvalue weighted by Gasteiger charge is 2.30. The lowest BCUT2D eigenvalue weighted by molar-refractivity contribution is -0.122. The number of hydrogen-bond donors (Lipinski definition) is 1. The Kier molecular flexibility index (Phi) is 6.59. The molecular formula is C20H25FN2O3S. The van der Waals surface area contributed by atoms with Crippen molar-refractivity contribution < 1.29 is 17.6 Å². The summed E-state index contributed by atoms with van der Waals surface area (Å²) in [6.07, 6.45) is 1.65. The van der Waals surface area contributed by atoms with Crippen LogP contribution in [0.15, 0.2) is 48.5 Å². The molecule has 0 aliphatic rings. The minimum absolute atomic E-state index is 0.114. The maximum atomic E-state index is 13.6. The third kappa shape index (κ3) is 5.29. The van der Waals surface area contributed by atoms with Crippen LogP contribution in [0.25, 0.3) is 0 Å². The molecule has 0 saturated heterocycles. The Morgan fingerprint density at radius 3 is 2.33 bits per heavy atom. The molecule has 2 aromatic carbocycles. The molecule has 1 N–H and O–H groups in total. The van der Waals surface area contributed by atoms with Gasteiger partial charge in [-0.15, -0.1) is 0 Å². The molecule has 7 heteroatoms. The van der Waals surface area contributed by atoms with Gasteiger partial charge in [0.1, 0.15) is 11.9 Å². The standard InChI is InChI=1S/C20H25FN2O3S/c1-5-19(16-11-9-14(2)10-12-16)22-20(24)15(3)23(27(4,25)26)18-8-6-7-17(21)13-18/h6-13,15,19H,5H2,1-4H3,(H,22,24)/t15-,19-/m0/s1. The third-order valence-corrected chi connectivity index (χ3v) is 5.60. The molecule has 27 heavy (non-hydrogen) atoms. The SMILES string of the molecule is CC[C@H](NC(=O)[C@H](C)N(c1cccc(F)c1)S(C)(=O)=O)c1ccc(C)cc1. The first-order chi connectivity index (χ1) is 12.6. The van der Waals surface area contributed by atoms with Crippen molar-refractivity contribution in [3.8, 4) is 0 Å². The lowest BCUT2D eigenvalue weighted by Gasteiger charge is -2.29. The highest BCUT2D eigenvalue weighted by Crippen LogP contribution is 2.23. The molecule has 0 aromatic heterocycles. The molecule has 0 aliphatic carbocycles. The summed E-state index contributed by atoms with van der Waals surface area (Å²) in [5, 5.41) is 2.90. The quantitative estimate of drug-likeness (QED) is 0.784. The molecule has 0 radical (unpaired) electrons. The fraction of sp³-hybridized carbons (Fsp3) is 0.350. The van der Waals surface area contributed by atoms with Crippen LogP contribution in [0.3, 0.4) is 0 Å². The Bertz CT molecular complexity index is 898. The van der Waals surface area contributed by atoms with Gasteiger partial charge >= 0.3 is 0 Å². The van der Waals surface area contributed by atoms with Crippen LogP contribution in [0, 0.1) is 12.7 Å². The van der Waals surface area contributed by atoms with Gasteiger partial charge in [0.05, 0.1) is 18.0 Å². The van der Waals surface area contributed by atoms with E-state index in [9.17, 15) is 17.6 Å². The minimum Gasteiger partial charge on any atom is -0.347 e. The van der Waals surface area contributed by atoms with Gasteiger partial charge in [-0.05, 0) is 44.0 Å². The number of aryl methyl sites for hydroxylation is 1. The molecule has 146 valence electrons. The van der Waals surface area contributed by atoms with Crippen LogP contribution in [0.2, 0.25) is 0 Å². The highest BCUT2D eigenvalue weighted by molar-refractivity contribution is 7.92. The molecule has 0 heterocycles. The Labute approximate surface area is 160 Å². The maximum Gasteiger partial charge on any atom is 0.244 e. The first-order valence-electron chi connectivity index (χ1n) is 8.75. The zero-order valence-electron chi connectivity index (χ0n) is 15.9. The number of rotatable bonds is 7. The van der Waals surface area contributed by atoms with Gasteiger partial charge in [-0.1, -0.05) is 42.8 Å². The highest BCUT2D eigenvalue weighted by atomic mass is 32.2. The Morgan fingerprint density at radius 1 is 1.19 bits per heavy atom. The first-order valence-corrected chi connectivity index (χ1v) is 10.6. The molecular weight excluding hydrogens is 367 g/mol. The summed E-state index contributed by atoms with van der Waals surface area (Å²) in [4.78, 5) is 12.8. The zero-order chi connectivity index (χ0) is 20.2. The number of halogens is 1. The van der Waals surface area contributed by atoms with E-state index in [2.05, 4.69) is 5.32 Å². The van der Waals surface area contributed by atoms with E-state index in [1.165, 1.54) is 25.1 Å². The maximum absolute atomic E-state index is 13.6. The van der Waals surface area contributed by atoms with Crippen LogP contribution in [0.1, 0.15) is 37.4 Å². The van der Waals surface area contributed by atoms with Gasteiger partial charge in [-0.25, -0.2) is 12.8 Å². The largest absolute Gasteiger partial charge is 0.347 e. The Hall–Kier alpha value is -2.41. The monoisotopic (exact) mass is 392 g/mol. The number of hydrogen-bond acceptors (Lipinski definition) is 3. The van der Waals surface area contributed by atoms with Gasteiger partial charge < -0.3 is 5.32 Å². The number of nitrogens with one attached hydrogen (secondary N) is 1. The third-order valence-electron chi connectivity index (χ3n) is 4.36. The van der Waals surface area contributed by atoms with Gasteiger partial charge in [0.2, 0.25) is 15.9 Å². The molecule has 0 fully saturated rings. The molecule has 0 aliphatic heterocycles. The van der Waals surface area contributed by atoms with Gasteiger partial charge in [0.15, 0.2) is 0 Å². The van der Waals surface area contributed by atoms with E-state index in [1.54, 1.807) is 0 Å². The van der Waals surface area contributed by atoms with Crippen molar-refractivity contribution in [1.29, 1.82) is 0 Å². The van der Waals surface area contributed by atoms with E-state index in [1.807, 2.05) is 38.1 Å². The molecule has 0 unspecified atom stereocenters. The van der Waals surface area contributed by atoms with Crippen LogP contribution in [-0.4, -0.2) is 26.6 Å².